The molecule has 0 bridgehead atoms. The summed E-state index contributed by atoms with van der Waals surface area (Å²) in [4.78, 5) is 36.1. The topological polar surface area (TPSA) is 72.5 Å². The van der Waals surface area contributed by atoms with Gasteiger partial charge in [0.1, 0.15) is 10.9 Å². The molecule has 1 N–H and O–H groups in total. The molecule has 5 nitrogen and oxygen atoms in total. The van der Waals surface area contributed by atoms with Crippen LogP contribution >= 0.6 is 38.9 Å². The van der Waals surface area contributed by atoms with Gasteiger partial charge in [-0.1, -0.05) is 15.9 Å². The molecule has 1 atom stereocenters. The lowest BCUT2D eigenvalue weighted by Gasteiger charge is -2.16. The largest absolute Gasteiger partial charge is 0.462 e. The number of fused-ring (bicyclic) bond motifs is 1. The highest BCUT2D eigenvalue weighted by Crippen LogP contribution is 2.40. The van der Waals surface area contributed by atoms with Gasteiger partial charge in [0, 0.05) is 0 Å². The number of Topliss-reactive ketones (excluding diaryl/α,β-unsaturated/α-hetero) is 1. The minimum absolute atomic E-state index is 0.0711. The average Bonchev–Trinajstić information content (AvgIpc) is 2.82. The number of hydrogen-bond donors (Lipinski definition) is 1. The van der Waals surface area contributed by atoms with Crippen molar-refractivity contribution in [2.24, 2.45) is 0 Å². The monoisotopic (exact) mass is 393 g/mol. The van der Waals surface area contributed by atoms with Crippen molar-refractivity contribution in [3.8, 4) is 0 Å². The molecule has 0 spiro atoms. The normalized spacial score (nSPS) is 17.3. The molecule has 0 aromatic carbocycles. The van der Waals surface area contributed by atoms with E-state index >= 15 is 0 Å². The number of ether oxygens (including phenoxy) is 1. The SMILES string of the molecule is CCOC(=O)c1c(NC(=O)CCl)sc2c1CC[C@@H](Br)C2=O. The van der Waals surface area contributed by atoms with Crippen molar-refractivity contribution in [2.45, 2.75) is 24.6 Å². The van der Waals surface area contributed by atoms with Crippen molar-refractivity contribution in [2.75, 3.05) is 17.8 Å². The van der Waals surface area contributed by atoms with Gasteiger partial charge in [-0.05, 0) is 25.3 Å². The van der Waals surface area contributed by atoms with Gasteiger partial charge in [0.05, 0.1) is 21.9 Å². The van der Waals surface area contributed by atoms with Crippen LogP contribution in [0.4, 0.5) is 5.00 Å². The maximum atomic E-state index is 12.2. The number of amides is 1. The zero-order chi connectivity index (χ0) is 15.6. The molecule has 1 aromatic rings. The Bertz CT molecular complexity index is 601. The van der Waals surface area contributed by atoms with Crippen LogP contribution < -0.4 is 5.32 Å². The van der Waals surface area contributed by atoms with Crippen LogP contribution in [-0.4, -0.2) is 35.0 Å². The van der Waals surface area contributed by atoms with Crippen LogP contribution in [0.3, 0.4) is 0 Å². The molecule has 0 aliphatic heterocycles. The molecular formula is C13H13BrClNO4S. The van der Waals surface area contributed by atoms with E-state index in [2.05, 4.69) is 21.2 Å². The fourth-order valence-corrected chi connectivity index (χ4v) is 4.04. The van der Waals surface area contributed by atoms with Crippen molar-refractivity contribution in [1.82, 2.24) is 0 Å². The molecule has 21 heavy (non-hydrogen) atoms. The Labute approximate surface area is 139 Å². The Morgan fingerprint density at radius 3 is 2.86 bits per heavy atom. The van der Waals surface area contributed by atoms with Gasteiger partial charge >= 0.3 is 5.97 Å². The van der Waals surface area contributed by atoms with E-state index in [1.165, 1.54) is 0 Å². The fraction of sp³-hybridized carbons (Fsp3) is 0.462. The molecule has 0 unspecified atom stereocenters. The first kappa shape index (κ1) is 16.5. The van der Waals surface area contributed by atoms with Crippen LogP contribution in [0.1, 0.15) is 38.9 Å². The van der Waals surface area contributed by atoms with Crippen molar-refractivity contribution in [1.29, 1.82) is 0 Å². The van der Waals surface area contributed by atoms with Crippen LogP contribution in [0.2, 0.25) is 0 Å². The van der Waals surface area contributed by atoms with E-state index in [0.29, 0.717) is 28.3 Å². The Morgan fingerprint density at radius 2 is 2.24 bits per heavy atom. The predicted octanol–water partition coefficient (Wildman–Crippen LogP) is 2.99. The molecule has 2 rings (SSSR count). The van der Waals surface area contributed by atoms with Crippen LogP contribution in [0, 0.1) is 0 Å². The van der Waals surface area contributed by atoms with Crippen molar-refractivity contribution >= 4 is 61.5 Å². The van der Waals surface area contributed by atoms with Crippen LogP contribution in [-0.2, 0) is 16.0 Å². The summed E-state index contributed by atoms with van der Waals surface area (Å²) in [6, 6.07) is 0. The molecule has 1 aliphatic carbocycles. The molecule has 114 valence electrons. The Balaban J connectivity index is 2.48. The van der Waals surface area contributed by atoms with E-state index in [1.54, 1.807) is 6.92 Å². The van der Waals surface area contributed by atoms with E-state index in [4.69, 9.17) is 16.3 Å². The quantitative estimate of drug-likeness (QED) is 0.629. The van der Waals surface area contributed by atoms with Gasteiger partial charge in [0.2, 0.25) is 5.91 Å². The number of thiophene rings is 1. The van der Waals surface area contributed by atoms with Crippen LogP contribution in [0.5, 0.6) is 0 Å². The van der Waals surface area contributed by atoms with Crippen LogP contribution in [0.15, 0.2) is 0 Å². The first-order chi connectivity index (χ1) is 9.99. The fourth-order valence-electron chi connectivity index (χ4n) is 2.11. The molecule has 1 aromatic heterocycles. The van der Waals surface area contributed by atoms with Gasteiger partial charge < -0.3 is 10.1 Å². The zero-order valence-electron chi connectivity index (χ0n) is 11.2. The minimum atomic E-state index is -0.527. The van der Waals surface area contributed by atoms with Gasteiger partial charge in [0.15, 0.2) is 5.78 Å². The van der Waals surface area contributed by atoms with Gasteiger partial charge in [-0.2, -0.15) is 0 Å². The smallest absolute Gasteiger partial charge is 0.341 e. The van der Waals surface area contributed by atoms with Gasteiger partial charge in [-0.15, -0.1) is 22.9 Å². The number of anilines is 1. The number of hydrogen-bond acceptors (Lipinski definition) is 5. The van der Waals surface area contributed by atoms with E-state index in [-0.39, 0.29) is 28.7 Å². The lowest BCUT2D eigenvalue weighted by atomic mass is 9.94. The minimum Gasteiger partial charge on any atom is -0.462 e. The lowest BCUT2D eigenvalue weighted by Crippen LogP contribution is -2.22. The molecule has 1 heterocycles. The summed E-state index contributed by atoms with van der Waals surface area (Å²) in [5, 5.41) is 2.90. The number of carbonyl (C=O) groups is 3. The van der Waals surface area contributed by atoms with Crippen molar-refractivity contribution in [3.05, 3.63) is 16.0 Å². The molecule has 1 amide bonds. The zero-order valence-corrected chi connectivity index (χ0v) is 14.4. The Kier molecular flexibility index (Phi) is 5.40. The summed E-state index contributed by atoms with van der Waals surface area (Å²) in [7, 11) is 0. The second kappa shape index (κ2) is 6.89. The lowest BCUT2D eigenvalue weighted by molar-refractivity contribution is -0.113. The molecule has 0 radical (unpaired) electrons. The molecule has 1 aliphatic rings. The highest BCUT2D eigenvalue weighted by molar-refractivity contribution is 9.10. The molecule has 0 saturated carbocycles. The summed E-state index contributed by atoms with van der Waals surface area (Å²) in [5.41, 5.74) is 0.937. The van der Waals surface area contributed by atoms with E-state index in [0.717, 1.165) is 11.3 Å². The summed E-state index contributed by atoms with van der Waals surface area (Å²) in [6.45, 7) is 1.93. The van der Waals surface area contributed by atoms with Crippen molar-refractivity contribution < 1.29 is 19.1 Å². The number of rotatable bonds is 4. The first-order valence-corrected chi connectivity index (χ1v) is 8.63. The molecule has 0 fully saturated rings. The highest BCUT2D eigenvalue weighted by Gasteiger charge is 2.34. The van der Waals surface area contributed by atoms with Crippen LogP contribution in [0.25, 0.3) is 0 Å². The van der Waals surface area contributed by atoms with Crippen molar-refractivity contribution in [3.63, 3.8) is 0 Å². The Morgan fingerprint density at radius 1 is 1.52 bits per heavy atom. The maximum absolute atomic E-state index is 12.2. The standard InChI is InChI=1S/C13H13BrClNO4S/c1-2-20-13(19)9-6-3-4-7(14)10(18)11(6)21-12(9)16-8(17)5-15/h7H,2-5H2,1H3,(H,16,17)/t7-/m1/s1. The first-order valence-electron chi connectivity index (χ1n) is 6.36. The molecule has 0 saturated heterocycles. The Hall–Kier alpha value is -0.920. The van der Waals surface area contributed by atoms with Gasteiger partial charge in [-0.3, -0.25) is 9.59 Å². The summed E-state index contributed by atoms with van der Waals surface area (Å²) < 4.78 is 5.03. The third-order valence-electron chi connectivity index (χ3n) is 3.02. The predicted molar refractivity (Wildman–Crippen MR) is 85.0 cm³/mol. The van der Waals surface area contributed by atoms with Gasteiger partial charge in [-0.25, -0.2) is 4.79 Å². The van der Waals surface area contributed by atoms with Gasteiger partial charge in [0.25, 0.3) is 0 Å². The number of halogens is 2. The molecule has 8 heteroatoms. The summed E-state index contributed by atoms with van der Waals surface area (Å²) >= 11 is 9.90. The number of esters is 1. The maximum Gasteiger partial charge on any atom is 0.341 e. The number of alkyl halides is 2. The number of ketones is 1. The number of carbonyl (C=O) groups excluding carboxylic acids is 3. The van der Waals surface area contributed by atoms with E-state index < -0.39 is 11.9 Å². The highest BCUT2D eigenvalue weighted by atomic mass is 79.9. The third-order valence-corrected chi connectivity index (χ3v) is 5.30. The number of nitrogens with one attached hydrogen (secondary N) is 1. The average molecular weight is 395 g/mol. The third kappa shape index (κ3) is 3.30. The second-order valence-corrected chi connectivity index (χ2v) is 6.78. The van der Waals surface area contributed by atoms with E-state index in [9.17, 15) is 14.4 Å². The second-order valence-electron chi connectivity index (χ2n) is 4.39. The summed E-state index contributed by atoms with van der Waals surface area (Å²) in [6.07, 6.45) is 1.19. The van der Waals surface area contributed by atoms with E-state index in [1.807, 2.05) is 0 Å². The summed E-state index contributed by atoms with van der Waals surface area (Å²) in [5.74, 6) is -1.25. The molecular weight excluding hydrogens is 382 g/mol.